The number of rotatable bonds is 5. The van der Waals surface area contributed by atoms with Crippen LogP contribution in [-0.4, -0.2) is 24.4 Å². The van der Waals surface area contributed by atoms with E-state index in [1.54, 1.807) is 48.5 Å². The van der Waals surface area contributed by atoms with Crippen molar-refractivity contribution in [2.45, 2.75) is 25.5 Å². The van der Waals surface area contributed by atoms with E-state index in [4.69, 9.17) is 29.8 Å². The highest BCUT2D eigenvalue weighted by Gasteiger charge is 2.33. The quantitative estimate of drug-likeness (QED) is 0.170. The molecule has 0 unspecified atom stereocenters. The van der Waals surface area contributed by atoms with Crippen LogP contribution < -0.4 is 5.56 Å². The molecule has 0 aliphatic carbocycles. The highest BCUT2D eigenvalue weighted by molar-refractivity contribution is 6.30. The summed E-state index contributed by atoms with van der Waals surface area (Å²) < 4.78 is 42.4. The van der Waals surface area contributed by atoms with Crippen LogP contribution in [0.4, 0.5) is 18.9 Å². The lowest BCUT2D eigenvalue weighted by atomic mass is 9.96. The van der Waals surface area contributed by atoms with Crippen molar-refractivity contribution >= 4 is 34.5 Å². The summed E-state index contributed by atoms with van der Waals surface area (Å²) in [5.74, 6) is 0.190. The van der Waals surface area contributed by atoms with E-state index >= 15 is 0 Å². The first kappa shape index (κ1) is 26.4. The Bertz CT molecular complexity index is 1800. The van der Waals surface area contributed by atoms with E-state index in [0.717, 1.165) is 6.07 Å². The highest BCUT2D eigenvalue weighted by Crippen LogP contribution is 2.35. The van der Waals surface area contributed by atoms with Crippen LogP contribution in [0, 0.1) is 13.5 Å². The third-order valence-electron chi connectivity index (χ3n) is 6.21. The molecule has 12 heteroatoms. The predicted octanol–water partition coefficient (Wildman–Crippen LogP) is 6.94. The van der Waals surface area contributed by atoms with Gasteiger partial charge >= 0.3 is 6.18 Å². The minimum absolute atomic E-state index is 0.0794. The first-order chi connectivity index (χ1) is 18.6. The Balaban J connectivity index is 1.83. The van der Waals surface area contributed by atoms with E-state index in [1.165, 1.54) is 22.2 Å². The summed E-state index contributed by atoms with van der Waals surface area (Å²) in [5, 5.41) is 9.03. The van der Waals surface area contributed by atoms with E-state index in [2.05, 4.69) is 20.0 Å². The van der Waals surface area contributed by atoms with E-state index in [9.17, 15) is 18.0 Å². The largest absolute Gasteiger partial charge is 0.433 e. The summed E-state index contributed by atoms with van der Waals surface area (Å²) in [6.45, 7) is 8.59. The van der Waals surface area contributed by atoms with Crippen LogP contribution in [0.25, 0.3) is 32.7 Å². The molecule has 0 N–H and O–H groups in total. The molecular formula is C27H17Cl2F3N6O. The van der Waals surface area contributed by atoms with Gasteiger partial charge in [0.1, 0.15) is 5.69 Å². The first-order valence-electron chi connectivity index (χ1n) is 11.5. The standard InChI is InChI=1S/C27H17Cl2F3N6O/c1-15-18(7-12-21(34-15)27(30,31)32)14-37-26(39)24(17-5-10-20(33-2)11-6-17)23(16-3-8-19(29)9-4-16)25-36-35-22(13-28)38(25)37/h3-12H,13-14H2,1H3. The van der Waals surface area contributed by atoms with Crippen LogP contribution in [0.1, 0.15) is 22.8 Å². The van der Waals surface area contributed by atoms with Crippen LogP contribution in [0.2, 0.25) is 5.02 Å². The zero-order valence-electron chi connectivity index (χ0n) is 20.2. The molecule has 0 saturated carbocycles. The fourth-order valence-corrected chi connectivity index (χ4v) is 4.62. The SMILES string of the molecule is [C-]#[N+]c1ccc(-c2c(-c3ccc(Cl)cc3)c3nnc(CCl)n3n(Cc3ccc(C(F)(F)F)nc3C)c2=O)cc1. The molecule has 196 valence electrons. The molecular weight excluding hydrogens is 552 g/mol. The molecule has 3 aromatic heterocycles. The van der Waals surface area contributed by atoms with Crippen molar-refractivity contribution in [1.82, 2.24) is 24.4 Å². The lowest BCUT2D eigenvalue weighted by molar-refractivity contribution is -0.141. The summed E-state index contributed by atoms with van der Waals surface area (Å²) in [6, 6.07) is 15.6. The molecule has 5 rings (SSSR count). The average molecular weight is 569 g/mol. The van der Waals surface area contributed by atoms with Crippen LogP contribution in [0.15, 0.2) is 65.5 Å². The maximum Gasteiger partial charge on any atom is 0.433 e. The van der Waals surface area contributed by atoms with Gasteiger partial charge in [0.05, 0.1) is 24.6 Å². The molecule has 0 saturated heterocycles. The second kappa shape index (κ2) is 10.2. The van der Waals surface area contributed by atoms with Crippen LogP contribution in [-0.2, 0) is 18.6 Å². The van der Waals surface area contributed by atoms with Gasteiger partial charge in [-0.05, 0) is 41.8 Å². The van der Waals surface area contributed by atoms with Crippen molar-refractivity contribution in [3.05, 3.63) is 110 Å². The Morgan fingerprint density at radius 3 is 2.18 bits per heavy atom. The summed E-state index contributed by atoms with van der Waals surface area (Å²) in [4.78, 5) is 21.4. The zero-order chi connectivity index (χ0) is 27.9. The summed E-state index contributed by atoms with van der Waals surface area (Å²) in [7, 11) is 0. The minimum Gasteiger partial charge on any atom is -0.267 e. The molecule has 0 aliphatic rings. The zero-order valence-corrected chi connectivity index (χ0v) is 21.7. The Labute approximate surface area is 229 Å². The van der Waals surface area contributed by atoms with E-state index < -0.39 is 17.4 Å². The summed E-state index contributed by atoms with van der Waals surface area (Å²) >= 11 is 12.3. The first-order valence-corrected chi connectivity index (χ1v) is 12.4. The molecule has 0 fully saturated rings. The molecule has 2 aromatic carbocycles. The van der Waals surface area contributed by atoms with Gasteiger partial charge in [-0.25, -0.2) is 19.0 Å². The maximum atomic E-state index is 14.3. The number of hydrogen-bond acceptors (Lipinski definition) is 4. The number of halogens is 5. The van der Waals surface area contributed by atoms with Gasteiger partial charge in [0.2, 0.25) is 0 Å². The lowest BCUT2D eigenvalue weighted by Crippen LogP contribution is -2.30. The lowest BCUT2D eigenvalue weighted by Gasteiger charge is -2.18. The summed E-state index contributed by atoms with van der Waals surface area (Å²) in [5.41, 5.74) is 1.64. The van der Waals surface area contributed by atoms with E-state index in [0.29, 0.717) is 38.6 Å². The van der Waals surface area contributed by atoms with Gasteiger partial charge in [-0.1, -0.05) is 54.1 Å². The van der Waals surface area contributed by atoms with Gasteiger partial charge in [-0.2, -0.15) is 13.2 Å². The molecule has 0 spiro atoms. The molecule has 3 heterocycles. The fraction of sp³-hybridized carbons (Fsp3) is 0.148. The number of hydrogen-bond donors (Lipinski definition) is 0. The normalized spacial score (nSPS) is 11.6. The predicted molar refractivity (Wildman–Crippen MR) is 142 cm³/mol. The maximum absolute atomic E-state index is 14.3. The molecule has 0 amide bonds. The molecule has 0 bridgehead atoms. The highest BCUT2D eigenvalue weighted by atomic mass is 35.5. The van der Waals surface area contributed by atoms with Gasteiger partial charge in [-0.15, -0.1) is 21.8 Å². The molecule has 39 heavy (non-hydrogen) atoms. The number of nitrogens with zero attached hydrogens (tertiary/aromatic N) is 6. The number of fused-ring (bicyclic) bond motifs is 1. The molecule has 0 aliphatic heterocycles. The third-order valence-corrected chi connectivity index (χ3v) is 6.70. The minimum atomic E-state index is -4.60. The van der Waals surface area contributed by atoms with E-state index in [1.807, 2.05) is 0 Å². The monoisotopic (exact) mass is 568 g/mol. The molecule has 5 aromatic rings. The fourth-order valence-electron chi connectivity index (χ4n) is 4.32. The molecule has 7 nitrogen and oxygen atoms in total. The van der Waals surface area contributed by atoms with Crippen molar-refractivity contribution in [2.24, 2.45) is 0 Å². The van der Waals surface area contributed by atoms with Crippen LogP contribution in [0.5, 0.6) is 0 Å². The van der Waals surface area contributed by atoms with Crippen molar-refractivity contribution < 1.29 is 13.2 Å². The van der Waals surface area contributed by atoms with Crippen molar-refractivity contribution in [1.29, 1.82) is 0 Å². The number of aromatic nitrogens is 5. The molecule has 0 atom stereocenters. The van der Waals surface area contributed by atoms with Crippen molar-refractivity contribution in [3.8, 4) is 22.3 Å². The third kappa shape index (κ3) is 4.87. The van der Waals surface area contributed by atoms with E-state index in [-0.39, 0.29) is 29.5 Å². The Kier molecular flexibility index (Phi) is 6.89. The van der Waals surface area contributed by atoms with Crippen LogP contribution in [0.3, 0.4) is 0 Å². The van der Waals surface area contributed by atoms with Gasteiger partial charge in [-0.3, -0.25) is 4.79 Å². The second-order valence-electron chi connectivity index (χ2n) is 8.60. The molecule has 0 radical (unpaired) electrons. The van der Waals surface area contributed by atoms with Gasteiger partial charge < -0.3 is 0 Å². The van der Waals surface area contributed by atoms with Crippen LogP contribution >= 0.6 is 23.2 Å². The topological polar surface area (TPSA) is 69.4 Å². The van der Waals surface area contributed by atoms with Gasteiger partial charge in [0.25, 0.3) is 5.56 Å². The average Bonchev–Trinajstić information content (AvgIpc) is 3.34. The number of benzene rings is 2. The van der Waals surface area contributed by atoms with Gasteiger partial charge in [0.15, 0.2) is 17.2 Å². The van der Waals surface area contributed by atoms with Crippen molar-refractivity contribution in [3.63, 3.8) is 0 Å². The Hall–Kier alpha value is -4.20. The number of alkyl halides is 4. The Morgan fingerprint density at radius 2 is 1.59 bits per heavy atom. The number of pyridine rings is 1. The van der Waals surface area contributed by atoms with Gasteiger partial charge in [0, 0.05) is 16.3 Å². The Morgan fingerprint density at radius 1 is 0.949 bits per heavy atom. The smallest absolute Gasteiger partial charge is 0.267 e. The second-order valence-corrected chi connectivity index (χ2v) is 9.31. The summed E-state index contributed by atoms with van der Waals surface area (Å²) in [6.07, 6.45) is -4.60. The number of aryl methyl sites for hydroxylation is 1. The van der Waals surface area contributed by atoms with Crippen molar-refractivity contribution in [2.75, 3.05) is 0 Å².